The summed E-state index contributed by atoms with van der Waals surface area (Å²) in [5, 5.41) is 0. The van der Waals surface area contributed by atoms with Gasteiger partial charge in [-0.25, -0.2) is 8.78 Å². The number of rotatable bonds is 3. The summed E-state index contributed by atoms with van der Waals surface area (Å²) in [6.07, 6.45) is 4.38. The molecule has 0 aromatic rings. The van der Waals surface area contributed by atoms with E-state index in [2.05, 4.69) is 6.58 Å². The maximum atomic E-state index is 12.8. The third-order valence-corrected chi connectivity index (χ3v) is 1.26. The van der Waals surface area contributed by atoms with Crippen LogP contribution < -0.4 is 0 Å². The van der Waals surface area contributed by atoms with Gasteiger partial charge in [0.15, 0.2) is 0 Å². The summed E-state index contributed by atoms with van der Waals surface area (Å²) in [6.45, 7) is 7.82. The van der Waals surface area contributed by atoms with Crippen molar-refractivity contribution in [3.05, 3.63) is 36.0 Å². The van der Waals surface area contributed by atoms with Gasteiger partial charge in [-0.1, -0.05) is 30.4 Å². The van der Waals surface area contributed by atoms with Crippen LogP contribution in [0.4, 0.5) is 8.78 Å². The van der Waals surface area contributed by atoms with Gasteiger partial charge in [-0.2, -0.15) is 0 Å². The van der Waals surface area contributed by atoms with Crippen molar-refractivity contribution in [2.24, 2.45) is 0 Å². The number of allylic oxidation sites excluding steroid dienone is 5. The Morgan fingerprint density at radius 1 is 1.42 bits per heavy atom. The maximum Gasteiger partial charge on any atom is 0.270 e. The molecule has 0 rings (SSSR count). The van der Waals surface area contributed by atoms with E-state index < -0.39 is 5.92 Å². The van der Waals surface area contributed by atoms with Crippen LogP contribution in [0.5, 0.6) is 0 Å². The van der Waals surface area contributed by atoms with E-state index in [0.717, 1.165) is 6.92 Å². The fourth-order valence-electron chi connectivity index (χ4n) is 0.766. The predicted molar refractivity (Wildman–Crippen MR) is 48.3 cm³/mol. The Morgan fingerprint density at radius 2 is 1.92 bits per heavy atom. The molecule has 68 valence electrons. The van der Waals surface area contributed by atoms with E-state index in [1.54, 1.807) is 19.9 Å². The molecule has 0 aliphatic rings. The second kappa shape index (κ2) is 4.19. The molecular weight excluding hydrogens is 158 g/mol. The average molecular weight is 172 g/mol. The number of hydrogen-bond acceptors (Lipinski definition) is 0. The van der Waals surface area contributed by atoms with Crippen LogP contribution >= 0.6 is 0 Å². The highest BCUT2D eigenvalue weighted by Crippen LogP contribution is 2.25. The summed E-state index contributed by atoms with van der Waals surface area (Å²) in [5.74, 6) is -2.79. The first-order valence-corrected chi connectivity index (χ1v) is 3.76. The number of halogens is 2. The molecule has 0 bridgehead atoms. The van der Waals surface area contributed by atoms with Crippen molar-refractivity contribution in [1.82, 2.24) is 0 Å². The first-order chi connectivity index (χ1) is 5.38. The Labute approximate surface area is 72.3 Å². The van der Waals surface area contributed by atoms with Crippen molar-refractivity contribution in [1.29, 1.82) is 0 Å². The van der Waals surface area contributed by atoms with Crippen molar-refractivity contribution in [2.75, 3.05) is 0 Å². The van der Waals surface area contributed by atoms with Crippen LogP contribution in [0.25, 0.3) is 0 Å². The fraction of sp³-hybridized carbons (Fsp3) is 0.400. The van der Waals surface area contributed by atoms with Crippen LogP contribution in [0.1, 0.15) is 20.8 Å². The van der Waals surface area contributed by atoms with Crippen molar-refractivity contribution >= 4 is 0 Å². The first kappa shape index (κ1) is 11.1. The molecule has 12 heavy (non-hydrogen) atoms. The highest BCUT2D eigenvalue weighted by atomic mass is 19.3. The molecule has 0 nitrogen and oxygen atoms in total. The minimum atomic E-state index is -2.79. The standard InChI is InChI=1S/C10H14F2/c1-5-6-9(7-8(2)3)10(4,11)12/h5-7H,2H2,1,3-4H3/b6-5-,9-7+. The highest BCUT2D eigenvalue weighted by molar-refractivity contribution is 5.31. The van der Waals surface area contributed by atoms with E-state index in [1.807, 2.05) is 0 Å². The Morgan fingerprint density at radius 3 is 2.17 bits per heavy atom. The van der Waals surface area contributed by atoms with Crippen LogP contribution in [0.2, 0.25) is 0 Å². The van der Waals surface area contributed by atoms with Crippen LogP contribution in [-0.2, 0) is 0 Å². The summed E-state index contributed by atoms with van der Waals surface area (Å²) in [4.78, 5) is 0. The first-order valence-electron chi connectivity index (χ1n) is 3.76. The Kier molecular flexibility index (Phi) is 3.87. The van der Waals surface area contributed by atoms with E-state index in [4.69, 9.17) is 0 Å². The van der Waals surface area contributed by atoms with Gasteiger partial charge in [-0.3, -0.25) is 0 Å². The zero-order chi connectivity index (χ0) is 9.78. The van der Waals surface area contributed by atoms with Crippen LogP contribution in [0.3, 0.4) is 0 Å². The summed E-state index contributed by atoms with van der Waals surface area (Å²) in [5.41, 5.74) is 0.627. The molecule has 0 fully saturated rings. The summed E-state index contributed by atoms with van der Waals surface area (Å²) in [7, 11) is 0. The zero-order valence-electron chi connectivity index (χ0n) is 7.70. The molecule has 0 aliphatic heterocycles. The van der Waals surface area contributed by atoms with E-state index in [9.17, 15) is 8.78 Å². The monoisotopic (exact) mass is 172 g/mol. The SMILES string of the molecule is C=C(C)/C=C(\C=C/C)C(C)(F)F. The molecule has 0 heterocycles. The molecule has 0 saturated heterocycles. The van der Waals surface area contributed by atoms with Gasteiger partial charge in [0.2, 0.25) is 0 Å². The third kappa shape index (κ3) is 4.06. The van der Waals surface area contributed by atoms with Crippen LogP contribution in [0.15, 0.2) is 36.0 Å². The summed E-state index contributed by atoms with van der Waals surface area (Å²) in [6, 6.07) is 0. The molecule has 0 aliphatic carbocycles. The third-order valence-electron chi connectivity index (χ3n) is 1.26. The van der Waals surface area contributed by atoms with Crippen LogP contribution in [0, 0.1) is 0 Å². The lowest BCUT2D eigenvalue weighted by molar-refractivity contribution is 0.0674. The van der Waals surface area contributed by atoms with Gasteiger partial charge in [0.1, 0.15) is 0 Å². The van der Waals surface area contributed by atoms with Gasteiger partial charge < -0.3 is 0 Å². The van der Waals surface area contributed by atoms with Gasteiger partial charge in [-0.15, -0.1) is 0 Å². The molecule has 2 heteroatoms. The molecular formula is C10H14F2. The fourth-order valence-corrected chi connectivity index (χ4v) is 0.766. The Hall–Kier alpha value is -0.920. The second-order valence-corrected chi connectivity index (χ2v) is 2.83. The lowest BCUT2D eigenvalue weighted by atomic mass is 10.1. The molecule has 0 saturated carbocycles. The van der Waals surface area contributed by atoms with Crippen molar-refractivity contribution < 1.29 is 8.78 Å². The van der Waals surface area contributed by atoms with Crippen molar-refractivity contribution in [3.63, 3.8) is 0 Å². The quantitative estimate of drug-likeness (QED) is 0.569. The lowest BCUT2D eigenvalue weighted by Crippen LogP contribution is -2.12. The molecule has 0 aromatic heterocycles. The smallest absolute Gasteiger partial charge is 0.202 e. The molecule has 0 atom stereocenters. The summed E-state index contributed by atoms with van der Waals surface area (Å²) >= 11 is 0. The lowest BCUT2D eigenvalue weighted by Gasteiger charge is -2.11. The van der Waals surface area contributed by atoms with Gasteiger partial charge in [0.05, 0.1) is 0 Å². The van der Waals surface area contributed by atoms with Gasteiger partial charge in [0.25, 0.3) is 5.92 Å². The summed E-state index contributed by atoms with van der Waals surface area (Å²) < 4.78 is 25.5. The predicted octanol–water partition coefficient (Wildman–Crippen LogP) is 3.72. The molecule has 0 amide bonds. The number of alkyl halides is 2. The highest BCUT2D eigenvalue weighted by Gasteiger charge is 2.24. The van der Waals surface area contributed by atoms with Gasteiger partial charge in [-0.05, 0) is 13.8 Å². The molecule has 0 aromatic carbocycles. The Balaban J connectivity index is 4.80. The average Bonchev–Trinajstić information content (AvgIpc) is 1.83. The maximum absolute atomic E-state index is 12.8. The molecule has 0 N–H and O–H groups in total. The van der Waals surface area contributed by atoms with E-state index in [1.165, 1.54) is 12.2 Å². The van der Waals surface area contributed by atoms with E-state index in [-0.39, 0.29) is 5.57 Å². The van der Waals surface area contributed by atoms with E-state index >= 15 is 0 Å². The minimum absolute atomic E-state index is 0.00231. The normalized spacial score (nSPS) is 13.9. The van der Waals surface area contributed by atoms with E-state index in [0.29, 0.717) is 5.57 Å². The van der Waals surface area contributed by atoms with Crippen LogP contribution in [-0.4, -0.2) is 5.92 Å². The molecule has 0 spiro atoms. The largest absolute Gasteiger partial charge is 0.270 e. The number of hydrogen-bond donors (Lipinski definition) is 0. The zero-order valence-corrected chi connectivity index (χ0v) is 7.70. The minimum Gasteiger partial charge on any atom is -0.202 e. The Bertz CT molecular complexity index is 216. The van der Waals surface area contributed by atoms with Crippen molar-refractivity contribution in [3.8, 4) is 0 Å². The van der Waals surface area contributed by atoms with Crippen molar-refractivity contribution in [2.45, 2.75) is 26.7 Å². The van der Waals surface area contributed by atoms with Gasteiger partial charge >= 0.3 is 0 Å². The second-order valence-electron chi connectivity index (χ2n) is 2.83. The topological polar surface area (TPSA) is 0 Å². The van der Waals surface area contributed by atoms with Gasteiger partial charge in [0, 0.05) is 12.5 Å². The molecule has 0 unspecified atom stereocenters. The molecule has 0 radical (unpaired) electrons.